The number of aryl methyl sites for hydroxylation is 2. The minimum Gasteiger partial charge on any atom is -0.370 e. The fraction of sp³-hybridized carbons (Fsp3) is 0.375. The van der Waals surface area contributed by atoms with Crippen LogP contribution in [0.25, 0.3) is 0 Å². The molecule has 3 rings (SSSR count). The Morgan fingerprint density at radius 3 is 2.81 bits per heavy atom. The van der Waals surface area contributed by atoms with Crippen molar-refractivity contribution in [1.82, 2.24) is 9.97 Å². The molecule has 0 saturated carbocycles. The van der Waals surface area contributed by atoms with Gasteiger partial charge in [-0.3, -0.25) is 0 Å². The van der Waals surface area contributed by atoms with Crippen LogP contribution in [-0.4, -0.2) is 22.8 Å². The molecule has 0 fully saturated rings. The first-order valence-electron chi connectivity index (χ1n) is 7.25. The summed E-state index contributed by atoms with van der Waals surface area (Å²) in [4.78, 5) is 10.3. The van der Waals surface area contributed by atoms with Gasteiger partial charge in [0, 0.05) is 17.5 Å². The average Bonchev–Trinajstić information content (AvgIpc) is 2.95. The van der Waals surface area contributed by atoms with Gasteiger partial charge < -0.3 is 5.32 Å². The first kappa shape index (κ1) is 14.7. The van der Waals surface area contributed by atoms with E-state index >= 15 is 0 Å². The maximum atomic E-state index is 4.60. The lowest BCUT2D eigenvalue weighted by atomic mass is 10.1. The molecule has 1 aromatic carbocycles. The minimum absolute atomic E-state index is 0.817. The van der Waals surface area contributed by atoms with Crippen LogP contribution >= 0.6 is 23.5 Å². The maximum Gasteiger partial charge on any atom is 0.190 e. The molecule has 1 aliphatic carbocycles. The van der Waals surface area contributed by atoms with Crippen molar-refractivity contribution in [2.24, 2.45) is 0 Å². The van der Waals surface area contributed by atoms with E-state index in [-0.39, 0.29) is 0 Å². The molecule has 3 nitrogen and oxygen atoms in total. The zero-order valence-electron chi connectivity index (χ0n) is 12.3. The highest BCUT2D eigenvalue weighted by atomic mass is 32.2. The van der Waals surface area contributed by atoms with Crippen molar-refractivity contribution in [1.29, 1.82) is 0 Å². The van der Waals surface area contributed by atoms with E-state index in [2.05, 4.69) is 40.4 Å². The second-order valence-electron chi connectivity index (χ2n) is 4.99. The SMILES string of the molecule is CCNc1cc(Sc2ccc3c(c2)CCC3)nc(SC)n1. The Morgan fingerprint density at radius 2 is 2.00 bits per heavy atom. The summed E-state index contributed by atoms with van der Waals surface area (Å²) in [5.74, 6) is 0.903. The van der Waals surface area contributed by atoms with E-state index < -0.39 is 0 Å². The number of hydrogen-bond donors (Lipinski definition) is 1. The topological polar surface area (TPSA) is 37.8 Å². The molecule has 1 N–H and O–H groups in total. The molecule has 0 bridgehead atoms. The fourth-order valence-electron chi connectivity index (χ4n) is 2.55. The minimum atomic E-state index is 0.817. The van der Waals surface area contributed by atoms with E-state index in [1.807, 2.05) is 12.3 Å². The lowest BCUT2D eigenvalue weighted by Crippen LogP contribution is -2.01. The van der Waals surface area contributed by atoms with E-state index in [4.69, 9.17) is 0 Å². The van der Waals surface area contributed by atoms with Crippen molar-refractivity contribution in [2.75, 3.05) is 18.1 Å². The third-order valence-corrected chi connectivity index (χ3v) is 4.97. The van der Waals surface area contributed by atoms with Gasteiger partial charge in [-0.1, -0.05) is 29.6 Å². The van der Waals surface area contributed by atoms with Gasteiger partial charge in [0.05, 0.1) is 0 Å². The van der Waals surface area contributed by atoms with Crippen molar-refractivity contribution < 1.29 is 0 Å². The van der Waals surface area contributed by atoms with Crippen LogP contribution < -0.4 is 5.32 Å². The maximum absolute atomic E-state index is 4.60. The molecule has 0 saturated heterocycles. The monoisotopic (exact) mass is 317 g/mol. The largest absolute Gasteiger partial charge is 0.370 e. The van der Waals surface area contributed by atoms with Gasteiger partial charge >= 0.3 is 0 Å². The Balaban J connectivity index is 1.85. The number of fused-ring (bicyclic) bond motifs is 1. The molecule has 0 spiro atoms. The molecule has 0 radical (unpaired) electrons. The van der Waals surface area contributed by atoms with E-state index in [1.54, 1.807) is 23.5 Å². The van der Waals surface area contributed by atoms with Crippen molar-refractivity contribution in [2.45, 2.75) is 41.3 Å². The molecule has 0 amide bonds. The van der Waals surface area contributed by atoms with Crippen LogP contribution in [0.1, 0.15) is 24.5 Å². The molecular weight excluding hydrogens is 298 g/mol. The molecular formula is C16H19N3S2. The first-order valence-corrected chi connectivity index (χ1v) is 9.29. The second kappa shape index (κ2) is 6.71. The zero-order chi connectivity index (χ0) is 14.7. The normalized spacial score (nSPS) is 13.2. The van der Waals surface area contributed by atoms with Gasteiger partial charge in [-0.15, -0.1) is 0 Å². The highest BCUT2D eigenvalue weighted by Crippen LogP contribution is 2.32. The highest BCUT2D eigenvalue weighted by molar-refractivity contribution is 7.99. The van der Waals surface area contributed by atoms with Gasteiger partial charge in [0.15, 0.2) is 5.16 Å². The number of rotatable bonds is 5. The van der Waals surface area contributed by atoms with Crippen LogP contribution in [0.3, 0.4) is 0 Å². The van der Waals surface area contributed by atoms with Crippen molar-refractivity contribution in [3.05, 3.63) is 35.4 Å². The molecule has 0 atom stereocenters. The summed E-state index contributed by atoms with van der Waals surface area (Å²) < 4.78 is 0. The zero-order valence-corrected chi connectivity index (χ0v) is 14.0. The molecule has 0 aliphatic heterocycles. The van der Waals surface area contributed by atoms with Gasteiger partial charge in [0.1, 0.15) is 10.8 Å². The summed E-state index contributed by atoms with van der Waals surface area (Å²) in [5, 5.41) is 5.09. The molecule has 2 aromatic rings. The number of hydrogen-bond acceptors (Lipinski definition) is 5. The lowest BCUT2D eigenvalue weighted by molar-refractivity contribution is 0.891. The Labute approximate surface area is 134 Å². The predicted molar refractivity (Wildman–Crippen MR) is 90.6 cm³/mol. The number of nitrogens with one attached hydrogen (secondary N) is 1. The van der Waals surface area contributed by atoms with Gasteiger partial charge in [0.2, 0.25) is 0 Å². The molecule has 1 aliphatic rings. The third-order valence-electron chi connectivity index (χ3n) is 3.51. The highest BCUT2D eigenvalue weighted by Gasteiger charge is 2.12. The summed E-state index contributed by atoms with van der Waals surface area (Å²) in [6, 6.07) is 8.83. The van der Waals surface area contributed by atoms with Crippen LogP contribution in [-0.2, 0) is 12.8 Å². The predicted octanol–water partition coefficient (Wildman–Crippen LogP) is 4.27. The number of nitrogens with zero attached hydrogens (tertiary/aromatic N) is 2. The molecule has 1 aromatic heterocycles. The Morgan fingerprint density at radius 1 is 1.14 bits per heavy atom. The van der Waals surface area contributed by atoms with E-state index in [9.17, 15) is 0 Å². The summed E-state index contributed by atoms with van der Waals surface area (Å²) in [7, 11) is 0. The van der Waals surface area contributed by atoms with Gasteiger partial charge in [-0.05, 0) is 55.7 Å². The molecule has 5 heteroatoms. The molecule has 0 unspecified atom stereocenters. The quantitative estimate of drug-likeness (QED) is 0.506. The van der Waals surface area contributed by atoms with E-state index in [1.165, 1.54) is 35.3 Å². The van der Waals surface area contributed by atoms with E-state index in [0.29, 0.717) is 0 Å². The van der Waals surface area contributed by atoms with Gasteiger partial charge in [-0.2, -0.15) is 0 Å². The van der Waals surface area contributed by atoms with Gasteiger partial charge in [-0.25, -0.2) is 9.97 Å². The lowest BCUT2D eigenvalue weighted by Gasteiger charge is -2.08. The van der Waals surface area contributed by atoms with Crippen LogP contribution in [0.2, 0.25) is 0 Å². The van der Waals surface area contributed by atoms with Crippen molar-refractivity contribution >= 4 is 29.3 Å². The van der Waals surface area contributed by atoms with Crippen LogP contribution in [0, 0.1) is 0 Å². The molecule has 110 valence electrons. The number of benzene rings is 1. The Kier molecular flexibility index (Phi) is 4.70. The summed E-state index contributed by atoms with van der Waals surface area (Å²) >= 11 is 3.30. The molecule has 21 heavy (non-hydrogen) atoms. The van der Waals surface area contributed by atoms with Crippen LogP contribution in [0.15, 0.2) is 39.3 Å². The number of aromatic nitrogens is 2. The third kappa shape index (κ3) is 3.52. The van der Waals surface area contributed by atoms with Crippen LogP contribution in [0.5, 0.6) is 0 Å². The second-order valence-corrected chi connectivity index (χ2v) is 6.86. The summed E-state index contributed by atoms with van der Waals surface area (Å²) in [5.41, 5.74) is 3.02. The van der Waals surface area contributed by atoms with Crippen LogP contribution in [0.4, 0.5) is 5.82 Å². The van der Waals surface area contributed by atoms with Crippen molar-refractivity contribution in [3.8, 4) is 0 Å². The average molecular weight is 317 g/mol. The smallest absolute Gasteiger partial charge is 0.190 e. The first-order chi connectivity index (χ1) is 10.3. The Hall–Kier alpha value is -1.20. The van der Waals surface area contributed by atoms with Gasteiger partial charge in [0.25, 0.3) is 0 Å². The van der Waals surface area contributed by atoms with E-state index in [0.717, 1.165) is 22.5 Å². The summed E-state index contributed by atoms with van der Waals surface area (Å²) in [6.45, 7) is 2.95. The number of anilines is 1. The standard InChI is InChI=1S/C16H19N3S2/c1-3-17-14-10-15(19-16(18-14)20-2)21-13-8-7-11-5-4-6-12(11)9-13/h7-10H,3-6H2,1-2H3,(H,17,18,19). The summed E-state index contributed by atoms with van der Waals surface area (Å²) in [6.07, 6.45) is 5.74. The molecule has 1 heterocycles. The fourth-order valence-corrected chi connectivity index (χ4v) is 3.87. The number of thioether (sulfide) groups is 1. The van der Waals surface area contributed by atoms with Crippen molar-refractivity contribution in [3.63, 3.8) is 0 Å². The Bertz CT molecular complexity index is 643.